The normalized spacial score (nSPS) is 19.5. The van der Waals surface area contributed by atoms with E-state index in [9.17, 15) is 17.6 Å². The molecule has 0 radical (unpaired) electrons. The maximum atomic E-state index is 12.9. The van der Waals surface area contributed by atoms with Crippen LogP contribution in [0, 0.1) is 11.7 Å². The topological polar surface area (TPSA) is 66.5 Å². The van der Waals surface area contributed by atoms with E-state index < -0.39 is 10.0 Å². The van der Waals surface area contributed by atoms with Gasteiger partial charge in [0.05, 0.1) is 11.7 Å². The summed E-state index contributed by atoms with van der Waals surface area (Å²) >= 11 is 0. The number of hydrogen-bond acceptors (Lipinski definition) is 3. The van der Waals surface area contributed by atoms with Crippen LogP contribution >= 0.6 is 0 Å². The van der Waals surface area contributed by atoms with Crippen LogP contribution in [0.2, 0.25) is 0 Å². The van der Waals surface area contributed by atoms with E-state index in [1.165, 1.54) is 28.6 Å². The van der Waals surface area contributed by atoms with Gasteiger partial charge in [0.25, 0.3) is 0 Å². The molecule has 1 aromatic carbocycles. The largest absolute Gasteiger partial charge is 0.326 e. The third-order valence-corrected chi connectivity index (χ3v) is 5.94. The molecule has 0 saturated carbocycles. The first-order valence-electron chi connectivity index (χ1n) is 7.96. The monoisotopic (exact) mass is 342 g/mol. The molecule has 1 N–H and O–H groups in total. The Kier molecular flexibility index (Phi) is 6.12. The summed E-state index contributed by atoms with van der Waals surface area (Å²) in [5, 5.41) is 2.73. The Morgan fingerprint density at radius 1 is 1.35 bits per heavy atom. The molecule has 1 aliphatic heterocycles. The second-order valence-corrected chi connectivity index (χ2v) is 7.95. The Morgan fingerprint density at radius 2 is 2.04 bits per heavy atom. The highest BCUT2D eigenvalue weighted by Gasteiger charge is 2.31. The first-order chi connectivity index (χ1) is 10.9. The molecule has 1 amide bonds. The predicted octanol–water partition coefficient (Wildman–Crippen LogP) is 2.61. The predicted molar refractivity (Wildman–Crippen MR) is 88.0 cm³/mol. The molecular formula is C16H23FN2O3S. The number of anilines is 1. The number of rotatable bonds is 6. The average Bonchev–Trinajstić information content (AvgIpc) is 2.55. The van der Waals surface area contributed by atoms with Crippen molar-refractivity contribution in [3.8, 4) is 0 Å². The van der Waals surface area contributed by atoms with Crippen LogP contribution in [0.5, 0.6) is 0 Å². The molecule has 0 bridgehead atoms. The summed E-state index contributed by atoms with van der Waals surface area (Å²) in [7, 11) is -3.29. The van der Waals surface area contributed by atoms with Crippen molar-refractivity contribution in [2.75, 3.05) is 24.2 Å². The summed E-state index contributed by atoms with van der Waals surface area (Å²) in [5.74, 6) is -0.818. The van der Waals surface area contributed by atoms with Crippen LogP contribution in [0.15, 0.2) is 24.3 Å². The van der Waals surface area contributed by atoms with E-state index in [0.717, 1.165) is 6.42 Å². The zero-order valence-corrected chi connectivity index (χ0v) is 14.1. The zero-order chi connectivity index (χ0) is 16.9. The van der Waals surface area contributed by atoms with Crippen LogP contribution in [0.3, 0.4) is 0 Å². The van der Waals surface area contributed by atoms with Gasteiger partial charge in [-0.05, 0) is 43.5 Å². The van der Waals surface area contributed by atoms with E-state index in [1.807, 2.05) is 6.92 Å². The summed E-state index contributed by atoms with van der Waals surface area (Å²) in [6, 6.07) is 5.54. The lowest BCUT2D eigenvalue weighted by molar-refractivity contribution is -0.120. The Balaban J connectivity index is 1.97. The number of halogens is 1. The number of piperidine rings is 1. The molecule has 0 spiro atoms. The fourth-order valence-corrected chi connectivity index (χ4v) is 4.37. The number of carbonyl (C=O) groups is 1. The van der Waals surface area contributed by atoms with Gasteiger partial charge in [-0.1, -0.05) is 13.3 Å². The van der Waals surface area contributed by atoms with Crippen molar-refractivity contribution >= 4 is 21.6 Å². The lowest BCUT2D eigenvalue weighted by atomic mass is 9.99. The molecular weight excluding hydrogens is 319 g/mol. The summed E-state index contributed by atoms with van der Waals surface area (Å²) < 4.78 is 38.8. The minimum Gasteiger partial charge on any atom is -0.326 e. The molecule has 0 aliphatic carbocycles. The van der Waals surface area contributed by atoms with E-state index in [1.54, 1.807) is 0 Å². The highest BCUT2D eigenvalue weighted by molar-refractivity contribution is 7.89. The first kappa shape index (κ1) is 17.9. The number of sulfonamides is 1. The minimum absolute atomic E-state index is 0.135. The number of hydrogen-bond donors (Lipinski definition) is 1. The molecule has 1 fully saturated rings. The lowest BCUT2D eigenvalue weighted by Gasteiger charge is -2.31. The van der Waals surface area contributed by atoms with Gasteiger partial charge in [-0.15, -0.1) is 0 Å². The molecule has 1 heterocycles. The van der Waals surface area contributed by atoms with E-state index in [0.29, 0.717) is 31.5 Å². The maximum absolute atomic E-state index is 12.9. The summed E-state index contributed by atoms with van der Waals surface area (Å²) in [6.45, 7) is 2.65. The van der Waals surface area contributed by atoms with Gasteiger partial charge in [0.1, 0.15) is 5.82 Å². The molecule has 128 valence electrons. The second-order valence-electron chi connectivity index (χ2n) is 5.86. The third-order valence-electron chi connectivity index (χ3n) is 4.02. The fraction of sp³-hybridized carbons (Fsp3) is 0.562. The van der Waals surface area contributed by atoms with Gasteiger partial charge < -0.3 is 5.32 Å². The number of unbranched alkanes of at least 4 members (excludes halogenated alkanes) is 1. The van der Waals surface area contributed by atoms with Crippen molar-refractivity contribution in [3.05, 3.63) is 30.1 Å². The molecule has 1 atom stereocenters. The Labute approximate surface area is 136 Å². The highest BCUT2D eigenvalue weighted by atomic mass is 32.2. The maximum Gasteiger partial charge on any atom is 0.228 e. The quantitative estimate of drug-likeness (QED) is 0.864. The van der Waals surface area contributed by atoms with E-state index in [2.05, 4.69) is 5.32 Å². The van der Waals surface area contributed by atoms with Gasteiger partial charge in [-0.25, -0.2) is 17.1 Å². The van der Waals surface area contributed by atoms with Crippen LogP contribution in [-0.2, 0) is 14.8 Å². The van der Waals surface area contributed by atoms with Gasteiger partial charge in [0.2, 0.25) is 15.9 Å². The minimum atomic E-state index is -3.29. The van der Waals surface area contributed by atoms with E-state index in [-0.39, 0.29) is 29.9 Å². The Morgan fingerprint density at radius 3 is 2.70 bits per heavy atom. The van der Waals surface area contributed by atoms with Crippen molar-refractivity contribution in [2.24, 2.45) is 5.92 Å². The summed E-state index contributed by atoms with van der Waals surface area (Å²) in [6.07, 6.45) is 2.78. The second kappa shape index (κ2) is 7.88. The van der Waals surface area contributed by atoms with Crippen molar-refractivity contribution < 1.29 is 17.6 Å². The molecule has 1 unspecified atom stereocenters. The number of benzene rings is 1. The lowest BCUT2D eigenvalue weighted by Crippen LogP contribution is -2.44. The van der Waals surface area contributed by atoms with Gasteiger partial charge in [-0.3, -0.25) is 4.79 Å². The number of nitrogens with zero attached hydrogens (tertiary/aromatic N) is 1. The molecule has 7 heteroatoms. The van der Waals surface area contributed by atoms with Gasteiger partial charge in [-0.2, -0.15) is 0 Å². The molecule has 2 rings (SSSR count). The van der Waals surface area contributed by atoms with Crippen LogP contribution < -0.4 is 5.32 Å². The summed E-state index contributed by atoms with van der Waals surface area (Å²) in [4.78, 5) is 12.3. The fourth-order valence-electron chi connectivity index (χ4n) is 2.64. The van der Waals surface area contributed by atoms with Gasteiger partial charge >= 0.3 is 0 Å². The van der Waals surface area contributed by atoms with Crippen molar-refractivity contribution in [1.82, 2.24) is 4.31 Å². The van der Waals surface area contributed by atoms with Gasteiger partial charge in [0.15, 0.2) is 0 Å². The zero-order valence-electron chi connectivity index (χ0n) is 13.3. The number of carbonyl (C=O) groups excluding carboxylic acids is 1. The Hall–Kier alpha value is -1.47. The molecule has 5 nitrogen and oxygen atoms in total. The number of nitrogens with one attached hydrogen (secondary N) is 1. The standard InChI is InChI=1S/C16H23FN2O3S/c1-2-3-11-23(21,22)19-10-4-5-13(12-19)16(20)18-15-8-6-14(17)7-9-15/h6-9,13H,2-5,10-12H2,1H3,(H,18,20). The van der Waals surface area contributed by atoms with Crippen LogP contribution in [0.1, 0.15) is 32.6 Å². The SMILES string of the molecule is CCCCS(=O)(=O)N1CCCC(C(=O)Nc2ccc(F)cc2)C1. The smallest absolute Gasteiger partial charge is 0.228 e. The van der Waals surface area contributed by atoms with Crippen molar-refractivity contribution in [1.29, 1.82) is 0 Å². The van der Waals surface area contributed by atoms with Crippen LogP contribution in [-0.4, -0.2) is 37.5 Å². The first-order valence-corrected chi connectivity index (χ1v) is 9.57. The van der Waals surface area contributed by atoms with Crippen LogP contribution in [0.25, 0.3) is 0 Å². The highest BCUT2D eigenvalue weighted by Crippen LogP contribution is 2.22. The van der Waals surface area contributed by atoms with E-state index >= 15 is 0 Å². The van der Waals surface area contributed by atoms with Crippen molar-refractivity contribution in [2.45, 2.75) is 32.6 Å². The molecule has 23 heavy (non-hydrogen) atoms. The third kappa shape index (κ3) is 5.00. The molecule has 1 aromatic rings. The van der Waals surface area contributed by atoms with E-state index in [4.69, 9.17) is 0 Å². The Bertz CT molecular complexity index is 631. The molecule has 0 aromatic heterocycles. The molecule has 1 saturated heterocycles. The van der Waals surface area contributed by atoms with Gasteiger partial charge in [0, 0.05) is 18.8 Å². The molecule has 1 aliphatic rings. The number of amides is 1. The van der Waals surface area contributed by atoms with Crippen LogP contribution in [0.4, 0.5) is 10.1 Å². The van der Waals surface area contributed by atoms with Crippen molar-refractivity contribution in [3.63, 3.8) is 0 Å². The average molecular weight is 342 g/mol. The summed E-state index contributed by atoms with van der Waals surface area (Å²) in [5.41, 5.74) is 0.516.